The van der Waals surface area contributed by atoms with Gasteiger partial charge in [0.15, 0.2) is 6.29 Å². The molecular formula is C7H8O5S. The summed E-state index contributed by atoms with van der Waals surface area (Å²) in [6, 6.07) is 4.58. The molecule has 0 atom stereocenters. The lowest BCUT2D eigenvalue weighted by Crippen LogP contribution is -1.99. The van der Waals surface area contributed by atoms with Crippen molar-refractivity contribution in [3.05, 3.63) is 29.8 Å². The van der Waals surface area contributed by atoms with Gasteiger partial charge in [-0.25, -0.2) is 0 Å². The van der Waals surface area contributed by atoms with Crippen LogP contribution in [-0.4, -0.2) is 23.2 Å². The molecule has 1 rings (SSSR count). The average molecular weight is 204 g/mol. The lowest BCUT2D eigenvalue weighted by Gasteiger charge is -2.03. The van der Waals surface area contributed by atoms with Crippen LogP contribution >= 0.6 is 0 Å². The minimum Gasteiger partial charge on any atom is -0.364 e. The Morgan fingerprint density at radius 1 is 1.08 bits per heavy atom. The largest absolute Gasteiger partial charge is 0.364 e. The molecule has 0 fully saturated rings. The van der Waals surface area contributed by atoms with Gasteiger partial charge in [0.05, 0.1) is 4.90 Å². The minimum atomic E-state index is -4.21. The zero-order valence-corrected chi connectivity index (χ0v) is 7.27. The van der Waals surface area contributed by atoms with Crippen LogP contribution in [0, 0.1) is 0 Å². The van der Waals surface area contributed by atoms with Gasteiger partial charge in [-0.3, -0.25) is 4.55 Å². The number of aliphatic hydroxyl groups excluding tert-OH is 1. The molecule has 0 radical (unpaired) electrons. The molecule has 1 aromatic rings. The van der Waals surface area contributed by atoms with Gasteiger partial charge < -0.3 is 10.2 Å². The smallest absolute Gasteiger partial charge is 0.294 e. The molecule has 0 aliphatic carbocycles. The van der Waals surface area contributed by atoms with E-state index in [9.17, 15) is 8.42 Å². The fraction of sp³-hybridized carbons (Fsp3) is 0.143. The van der Waals surface area contributed by atoms with Crippen molar-refractivity contribution < 1.29 is 23.2 Å². The molecule has 0 saturated carbocycles. The van der Waals surface area contributed by atoms with E-state index in [1.807, 2.05) is 0 Å². The van der Waals surface area contributed by atoms with Crippen LogP contribution in [0.15, 0.2) is 29.2 Å². The average Bonchev–Trinajstić information content (AvgIpc) is 2.03. The Hall–Kier alpha value is -0.950. The van der Waals surface area contributed by atoms with E-state index in [2.05, 4.69) is 0 Å². The third-order valence-electron chi connectivity index (χ3n) is 1.48. The summed E-state index contributed by atoms with van der Waals surface area (Å²) in [7, 11) is -4.21. The summed E-state index contributed by atoms with van der Waals surface area (Å²) in [5, 5.41) is 17.3. The maximum atomic E-state index is 10.5. The molecule has 0 spiro atoms. The summed E-state index contributed by atoms with van der Waals surface area (Å²) in [6.45, 7) is 0. The van der Waals surface area contributed by atoms with Gasteiger partial charge in [-0.1, -0.05) is 12.1 Å². The lowest BCUT2D eigenvalue weighted by atomic mass is 10.2. The second kappa shape index (κ2) is 3.43. The molecule has 1 aromatic carbocycles. The normalized spacial score (nSPS) is 12.0. The predicted octanol–water partition coefficient (Wildman–Crippen LogP) is -0.0835. The molecule has 0 heterocycles. The second-order valence-corrected chi connectivity index (χ2v) is 3.84. The van der Waals surface area contributed by atoms with E-state index in [-0.39, 0.29) is 10.5 Å². The first kappa shape index (κ1) is 10.1. The van der Waals surface area contributed by atoms with Crippen LogP contribution in [0.2, 0.25) is 0 Å². The Morgan fingerprint density at radius 2 is 1.54 bits per heavy atom. The molecule has 5 nitrogen and oxygen atoms in total. The van der Waals surface area contributed by atoms with Crippen LogP contribution in [0.3, 0.4) is 0 Å². The van der Waals surface area contributed by atoms with Gasteiger partial charge in [0.25, 0.3) is 10.1 Å². The van der Waals surface area contributed by atoms with Gasteiger partial charge in [0.2, 0.25) is 0 Å². The molecule has 0 aliphatic rings. The molecule has 0 saturated heterocycles. The third kappa shape index (κ3) is 2.49. The van der Waals surface area contributed by atoms with Crippen molar-refractivity contribution in [3.8, 4) is 0 Å². The van der Waals surface area contributed by atoms with Gasteiger partial charge >= 0.3 is 0 Å². The Balaban J connectivity index is 3.08. The van der Waals surface area contributed by atoms with Crippen molar-refractivity contribution in [1.82, 2.24) is 0 Å². The second-order valence-electron chi connectivity index (χ2n) is 2.42. The van der Waals surface area contributed by atoms with Crippen LogP contribution in [0.25, 0.3) is 0 Å². The summed E-state index contributed by atoms with van der Waals surface area (Å²) in [4.78, 5) is -0.281. The quantitative estimate of drug-likeness (QED) is 0.462. The molecule has 0 bridgehead atoms. The molecule has 0 unspecified atom stereocenters. The monoisotopic (exact) mass is 204 g/mol. The van der Waals surface area contributed by atoms with Crippen LogP contribution in [0.4, 0.5) is 0 Å². The highest BCUT2D eigenvalue weighted by Crippen LogP contribution is 2.13. The van der Waals surface area contributed by atoms with E-state index >= 15 is 0 Å². The molecule has 0 aromatic heterocycles. The van der Waals surface area contributed by atoms with E-state index in [1.54, 1.807) is 0 Å². The number of aliphatic hydroxyl groups is 2. The molecule has 3 N–H and O–H groups in total. The molecule has 6 heteroatoms. The first-order valence-electron chi connectivity index (χ1n) is 3.35. The lowest BCUT2D eigenvalue weighted by molar-refractivity contribution is -0.0425. The van der Waals surface area contributed by atoms with Crippen molar-refractivity contribution in [1.29, 1.82) is 0 Å². The molecular weight excluding hydrogens is 196 g/mol. The zero-order chi connectivity index (χ0) is 10.1. The number of rotatable bonds is 2. The summed E-state index contributed by atoms with van der Waals surface area (Å²) >= 11 is 0. The maximum Gasteiger partial charge on any atom is 0.294 e. The van der Waals surface area contributed by atoms with Crippen molar-refractivity contribution in [2.24, 2.45) is 0 Å². The highest BCUT2D eigenvalue weighted by molar-refractivity contribution is 7.85. The van der Waals surface area contributed by atoms with Crippen molar-refractivity contribution >= 4 is 10.1 Å². The number of benzene rings is 1. The number of hydrogen-bond acceptors (Lipinski definition) is 4. The van der Waals surface area contributed by atoms with Gasteiger partial charge in [0, 0.05) is 5.56 Å². The van der Waals surface area contributed by atoms with Crippen molar-refractivity contribution in [2.75, 3.05) is 0 Å². The van der Waals surface area contributed by atoms with Gasteiger partial charge in [-0.05, 0) is 12.1 Å². The fourth-order valence-electron chi connectivity index (χ4n) is 0.812. The van der Waals surface area contributed by atoms with Crippen LogP contribution in [0.5, 0.6) is 0 Å². The SMILES string of the molecule is O=S(=O)(O)c1ccc(C(O)O)cc1. The Kier molecular flexibility index (Phi) is 2.67. The third-order valence-corrected chi connectivity index (χ3v) is 2.34. The molecule has 72 valence electrons. The van der Waals surface area contributed by atoms with E-state index < -0.39 is 16.4 Å². The topological polar surface area (TPSA) is 94.8 Å². The maximum absolute atomic E-state index is 10.5. The highest BCUT2D eigenvalue weighted by atomic mass is 32.2. The van der Waals surface area contributed by atoms with Gasteiger partial charge in [0.1, 0.15) is 0 Å². The van der Waals surface area contributed by atoms with Gasteiger partial charge in [-0.15, -0.1) is 0 Å². The molecule has 13 heavy (non-hydrogen) atoms. The first-order chi connectivity index (χ1) is 5.91. The number of hydrogen-bond donors (Lipinski definition) is 3. The van der Waals surface area contributed by atoms with Crippen LogP contribution in [-0.2, 0) is 10.1 Å². The zero-order valence-electron chi connectivity index (χ0n) is 6.45. The van der Waals surface area contributed by atoms with Crippen molar-refractivity contribution in [3.63, 3.8) is 0 Å². The predicted molar refractivity (Wildman–Crippen MR) is 43.4 cm³/mol. The van der Waals surface area contributed by atoms with E-state index in [0.717, 1.165) is 12.1 Å². The van der Waals surface area contributed by atoms with E-state index in [4.69, 9.17) is 14.8 Å². The minimum absolute atomic E-state index is 0.160. The highest BCUT2D eigenvalue weighted by Gasteiger charge is 2.09. The Labute approximate surface area is 75.0 Å². The fourth-order valence-corrected chi connectivity index (χ4v) is 1.29. The summed E-state index contributed by atoms with van der Waals surface area (Å²) in [5.74, 6) is 0. The molecule has 0 amide bonds. The Morgan fingerprint density at radius 3 is 1.85 bits per heavy atom. The summed E-state index contributed by atoms with van der Waals surface area (Å²) < 4.78 is 29.7. The molecule has 0 aliphatic heterocycles. The van der Waals surface area contributed by atoms with E-state index in [0.29, 0.717) is 0 Å². The van der Waals surface area contributed by atoms with Crippen molar-refractivity contribution in [2.45, 2.75) is 11.2 Å². The van der Waals surface area contributed by atoms with Gasteiger partial charge in [-0.2, -0.15) is 8.42 Å². The van der Waals surface area contributed by atoms with Crippen LogP contribution < -0.4 is 0 Å². The standard InChI is InChI=1S/C7H8O5S/c8-7(9)5-1-3-6(4-2-5)13(10,11)12/h1-4,7-9H,(H,10,11,12). The first-order valence-corrected chi connectivity index (χ1v) is 4.79. The van der Waals surface area contributed by atoms with Crippen LogP contribution in [0.1, 0.15) is 11.9 Å². The van der Waals surface area contributed by atoms with E-state index in [1.165, 1.54) is 12.1 Å². The summed E-state index contributed by atoms with van der Waals surface area (Å²) in [6.07, 6.45) is -1.64. The summed E-state index contributed by atoms with van der Waals surface area (Å²) in [5.41, 5.74) is 0.160. The Bertz CT molecular complexity index is 378.